The summed E-state index contributed by atoms with van der Waals surface area (Å²) in [5.41, 5.74) is 1.90. The van der Waals surface area contributed by atoms with E-state index in [-0.39, 0.29) is 17.6 Å². The van der Waals surface area contributed by atoms with Gasteiger partial charge in [0.2, 0.25) is 11.8 Å². The van der Waals surface area contributed by atoms with Crippen LogP contribution in [0.3, 0.4) is 0 Å². The van der Waals surface area contributed by atoms with E-state index in [2.05, 4.69) is 5.32 Å². The van der Waals surface area contributed by atoms with Gasteiger partial charge < -0.3 is 10.2 Å². The van der Waals surface area contributed by atoms with Crippen LogP contribution in [0.4, 0.5) is 4.39 Å². The number of amides is 2. The van der Waals surface area contributed by atoms with Crippen molar-refractivity contribution in [3.63, 3.8) is 0 Å². The molecule has 2 amide bonds. The number of carbonyl (C=O) groups excluding carboxylic acids is 2. The van der Waals surface area contributed by atoms with Crippen molar-refractivity contribution in [3.05, 3.63) is 71.5 Å². The molecule has 2 aliphatic rings. The number of thioether (sulfide) groups is 1. The van der Waals surface area contributed by atoms with Crippen LogP contribution in [0.2, 0.25) is 0 Å². The number of carbonyl (C=O) groups is 2. The third kappa shape index (κ3) is 2.88. The maximum absolute atomic E-state index is 13.0. The molecule has 26 heavy (non-hydrogen) atoms. The van der Waals surface area contributed by atoms with E-state index in [1.807, 2.05) is 30.3 Å². The predicted molar refractivity (Wildman–Crippen MR) is 98.7 cm³/mol. The summed E-state index contributed by atoms with van der Waals surface area (Å²) in [6.07, 6.45) is 1.19. The zero-order valence-corrected chi connectivity index (χ0v) is 15.0. The highest BCUT2D eigenvalue weighted by molar-refractivity contribution is 8.00. The van der Waals surface area contributed by atoms with Crippen molar-refractivity contribution in [2.75, 3.05) is 5.75 Å². The van der Waals surface area contributed by atoms with Crippen LogP contribution in [-0.2, 0) is 21.0 Å². The van der Waals surface area contributed by atoms with Crippen LogP contribution < -0.4 is 5.32 Å². The summed E-state index contributed by atoms with van der Waals surface area (Å²) in [7, 11) is 0. The van der Waals surface area contributed by atoms with E-state index >= 15 is 0 Å². The molecule has 134 valence electrons. The first-order valence-corrected chi connectivity index (χ1v) is 9.62. The van der Waals surface area contributed by atoms with Crippen molar-refractivity contribution in [3.8, 4) is 0 Å². The van der Waals surface area contributed by atoms with Crippen LogP contribution in [0.1, 0.15) is 24.0 Å². The molecule has 2 atom stereocenters. The molecule has 2 aliphatic heterocycles. The van der Waals surface area contributed by atoms with Gasteiger partial charge in [-0.25, -0.2) is 4.39 Å². The van der Waals surface area contributed by atoms with Crippen LogP contribution in [0, 0.1) is 5.82 Å². The molecular formula is C20H19FN2O2S. The smallest absolute Gasteiger partial charge is 0.244 e. The summed E-state index contributed by atoms with van der Waals surface area (Å²) in [5.74, 6) is 0.147. The number of nitrogens with one attached hydrogen (secondary N) is 1. The Morgan fingerprint density at radius 3 is 2.65 bits per heavy atom. The highest BCUT2D eigenvalue weighted by Crippen LogP contribution is 2.54. The van der Waals surface area contributed by atoms with Crippen molar-refractivity contribution in [1.29, 1.82) is 0 Å². The van der Waals surface area contributed by atoms with Crippen molar-refractivity contribution < 1.29 is 14.0 Å². The van der Waals surface area contributed by atoms with Gasteiger partial charge in [-0.3, -0.25) is 9.59 Å². The van der Waals surface area contributed by atoms with Gasteiger partial charge >= 0.3 is 0 Å². The van der Waals surface area contributed by atoms with Crippen LogP contribution in [0.15, 0.2) is 54.6 Å². The number of hydrogen-bond acceptors (Lipinski definition) is 3. The van der Waals surface area contributed by atoms with E-state index in [9.17, 15) is 14.0 Å². The molecule has 0 aliphatic carbocycles. The number of benzene rings is 2. The second-order valence-electron chi connectivity index (χ2n) is 6.59. The molecule has 0 saturated carbocycles. The summed E-state index contributed by atoms with van der Waals surface area (Å²) in [6, 6.07) is 15.5. The summed E-state index contributed by atoms with van der Waals surface area (Å²) in [6.45, 7) is 0.320. The molecule has 2 aromatic carbocycles. The molecule has 0 bridgehead atoms. The van der Waals surface area contributed by atoms with Crippen LogP contribution >= 0.6 is 11.8 Å². The fraction of sp³-hybridized carbons (Fsp3) is 0.300. The first kappa shape index (κ1) is 17.1. The normalized spacial score (nSPS) is 24.6. The molecule has 1 N–H and O–H groups in total. The zero-order chi connectivity index (χ0) is 18.1. The molecule has 4 nitrogen and oxygen atoms in total. The number of hydrogen-bond donors (Lipinski definition) is 1. The van der Waals surface area contributed by atoms with Gasteiger partial charge in [0, 0.05) is 18.7 Å². The first-order valence-electron chi connectivity index (χ1n) is 8.64. The molecule has 4 rings (SSSR count). The number of rotatable bonds is 4. The van der Waals surface area contributed by atoms with Crippen molar-refractivity contribution >= 4 is 23.6 Å². The Balaban J connectivity index is 1.51. The lowest BCUT2D eigenvalue weighted by Crippen LogP contribution is -2.49. The molecule has 2 aromatic rings. The standard InChI is InChI=1S/C20H19FN2O2S/c21-16-8-6-14(7-9-16)12-22-19(25)17-13-26-20(11-10-18(24)23(17)20)15-4-2-1-3-5-15/h1-9,17H,10-13H2,(H,22,25)/t17-,20+/m1/s1. The topological polar surface area (TPSA) is 49.4 Å². The van der Waals surface area contributed by atoms with Gasteiger partial charge in [0.1, 0.15) is 16.7 Å². The van der Waals surface area contributed by atoms with Gasteiger partial charge in [-0.05, 0) is 29.7 Å². The maximum atomic E-state index is 13.0. The Labute approximate surface area is 155 Å². The van der Waals surface area contributed by atoms with Crippen molar-refractivity contribution in [2.24, 2.45) is 0 Å². The molecule has 0 aromatic heterocycles. The van der Waals surface area contributed by atoms with Gasteiger partial charge in [-0.15, -0.1) is 11.8 Å². The molecule has 0 spiro atoms. The third-order valence-electron chi connectivity index (χ3n) is 5.03. The summed E-state index contributed by atoms with van der Waals surface area (Å²) in [5, 5.41) is 2.89. The Bertz CT molecular complexity index is 827. The average Bonchev–Trinajstić information content (AvgIpc) is 3.21. The van der Waals surface area contributed by atoms with Crippen LogP contribution in [-0.4, -0.2) is 28.5 Å². The van der Waals surface area contributed by atoms with E-state index in [0.717, 1.165) is 17.5 Å². The first-order chi connectivity index (χ1) is 12.6. The second kappa shape index (κ2) is 6.76. The molecule has 2 saturated heterocycles. The van der Waals surface area contributed by atoms with Gasteiger partial charge in [0.25, 0.3) is 0 Å². The number of fused-ring (bicyclic) bond motifs is 1. The Kier molecular flexibility index (Phi) is 4.44. The lowest BCUT2D eigenvalue weighted by Gasteiger charge is -2.34. The largest absolute Gasteiger partial charge is 0.350 e. The van der Waals surface area contributed by atoms with Crippen LogP contribution in [0.5, 0.6) is 0 Å². The third-order valence-corrected chi connectivity index (χ3v) is 6.63. The highest BCUT2D eigenvalue weighted by atomic mass is 32.2. The van der Waals surface area contributed by atoms with Crippen molar-refractivity contribution in [2.45, 2.75) is 30.3 Å². The van der Waals surface area contributed by atoms with E-state index < -0.39 is 10.9 Å². The predicted octanol–water partition coefficient (Wildman–Crippen LogP) is 3.03. The zero-order valence-electron chi connectivity index (χ0n) is 14.2. The minimum atomic E-state index is -0.476. The molecule has 2 fully saturated rings. The molecule has 2 heterocycles. The van der Waals surface area contributed by atoms with E-state index in [4.69, 9.17) is 0 Å². The summed E-state index contributed by atoms with van der Waals surface area (Å²) >= 11 is 1.67. The molecule has 6 heteroatoms. The van der Waals surface area contributed by atoms with Gasteiger partial charge in [0.15, 0.2) is 0 Å². The van der Waals surface area contributed by atoms with E-state index in [1.54, 1.807) is 28.8 Å². The SMILES string of the molecule is O=C(NCc1ccc(F)cc1)[C@H]1CS[C@]2(c3ccccc3)CCC(=O)N12. The van der Waals surface area contributed by atoms with Crippen molar-refractivity contribution in [1.82, 2.24) is 10.2 Å². The van der Waals surface area contributed by atoms with E-state index in [1.165, 1.54) is 12.1 Å². The van der Waals surface area contributed by atoms with Gasteiger partial charge in [-0.1, -0.05) is 42.5 Å². The monoisotopic (exact) mass is 370 g/mol. The summed E-state index contributed by atoms with van der Waals surface area (Å²) < 4.78 is 13.0. The highest BCUT2D eigenvalue weighted by Gasteiger charge is 2.56. The molecule has 0 radical (unpaired) electrons. The van der Waals surface area contributed by atoms with Crippen LogP contribution in [0.25, 0.3) is 0 Å². The number of halogens is 1. The lowest BCUT2D eigenvalue weighted by atomic mass is 10.0. The summed E-state index contributed by atoms with van der Waals surface area (Å²) in [4.78, 5) is 26.6. The maximum Gasteiger partial charge on any atom is 0.244 e. The Hall–Kier alpha value is -2.34. The minimum absolute atomic E-state index is 0.0285. The number of nitrogens with zero attached hydrogens (tertiary/aromatic N) is 1. The fourth-order valence-electron chi connectivity index (χ4n) is 3.74. The average molecular weight is 370 g/mol. The molecular weight excluding hydrogens is 351 g/mol. The quantitative estimate of drug-likeness (QED) is 0.900. The lowest BCUT2D eigenvalue weighted by molar-refractivity contribution is -0.138. The minimum Gasteiger partial charge on any atom is -0.350 e. The van der Waals surface area contributed by atoms with E-state index in [0.29, 0.717) is 18.7 Å². The second-order valence-corrected chi connectivity index (χ2v) is 7.88. The fourth-order valence-corrected chi connectivity index (χ4v) is 5.40. The van der Waals surface area contributed by atoms with Gasteiger partial charge in [0.05, 0.1) is 0 Å². The Morgan fingerprint density at radius 2 is 1.92 bits per heavy atom. The molecule has 0 unspecified atom stereocenters. The van der Waals surface area contributed by atoms with Gasteiger partial charge in [-0.2, -0.15) is 0 Å². The Morgan fingerprint density at radius 1 is 1.19 bits per heavy atom.